The largest absolute Gasteiger partial charge is 0.340 e. The molecular weight excluding hydrogens is 292 g/mol. The molecule has 22 heavy (non-hydrogen) atoms. The van der Waals surface area contributed by atoms with E-state index in [0.717, 1.165) is 36.6 Å². The van der Waals surface area contributed by atoms with Crippen molar-refractivity contribution in [1.29, 1.82) is 5.41 Å². The highest BCUT2D eigenvalue weighted by Gasteiger charge is 2.12. The molecule has 1 unspecified atom stereocenters. The van der Waals surface area contributed by atoms with Crippen LogP contribution in [0.4, 0.5) is 5.69 Å². The van der Waals surface area contributed by atoms with Gasteiger partial charge in [0.25, 0.3) is 0 Å². The first-order chi connectivity index (χ1) is 10.8. The molecule has 0 amide bonds. The molecule has 1 aliphatic heterocycles. The highest BCUT2D eigenvalue weighted by Crippen LogP contribution is 2.15. The summed E-state index contributed by atoms with van der Waals surface area (Å²) in [7, 11) is 0. The predicted molar refractivity (Wildman–Crippen MR) is 94.2 cm³/mol. The van der Waals surface area contributed by atoms with E-state index < -0.39 is 0 Å². The normalized spacial score (nSPS) is 17.5. The van der Waals surface area contributed by atoms with Crippen LogP contribution < -0.4 is 16.0 Å². The second-order valence-electron chi connectivity index (χ2n) is 5.57. The maximum Gasteiger partial charge on any atom is 0.140 e. The van der Waals surface area contributed by atoms with Crippen LogP contribution in [0.5, 0.6) is 0 Å². The molecule has 4 nitrogen and oxygen atoms in total. The molecule has 0 aliphatic carbocycles. The van der Waals surface area contributed by atoms with Gasteiger partial charge in [-0.05, 0) is 55.1 Å². The Balaban J connectivity index is 1.52. The summed E-state index contributed by atoms with van der Waals surface area (Å²) in [6, 6.07) is 12.9. The van der Waals surface area contributed by atoms with Crippen LogP contribution in [0.2, 0.25) is 0 Å². The van der Waals surface area contributed by atoms with Gasteiger partial charge >= 0.3 is 0 Å². The van der Waals surface area contributed by atoms with Crippen molar-refractivity contribution >= 4 is 22.9 Å². The lowest BCUT2D eigenvalue weighted by molar-refractivity contribution is 0.550. The van der Waals surface area contributed by atoms with E-state index in [1.807, 2.05) is 23.6 Å². The van der Waals surface area contributed by atoms with Gasteiger partial charge in [-0.25, -0.2) is 0 Å². The summed E-state index contributed by atoms with van der Waals surface area (Å²) in [6.07, 6.45) is 2.23. The average Bonchev–Trinajstić information content (AvgIpc) is 3.21. The Kier molecular flexibility index (Phi) is 5.21. The van der Waals surface area contributed by atoms with Gasteiger partial charge in [-0.2, -0.15) is 0 Å². The SMILES string of the molecule is N=C(Nc1cccc(CCNC2CCNC2)c1)c1cccs1. The highest BCUT2D eigenvalue weighted by molar-refractivity contribution is 7.12. The lowest BCUT2D eigenvalue weighted by Crippen LogP contribution is -2.32. The van der Waals surface area contributed by atoms with Gasteiger partial charge < -0.3 is 16.0 Å². The van der Waals surface area contributed by atoms with E-state index in [1.165, 1.54) is 12.0 Å². The van der Waals surface area contributed by atoms with E-state index in [9.17, 15) is 0 Å². The van der Waals surface area contributed by atoms with Crippen LogP contribution >= 0.6 is 11.3 Å². The Morgan fingerprint density at radius 1 is 1.32 bits per heavy atom. The fraction of sp³-hybridized carbons (Fsp3) is 0.353. The summed E-state index contributed by atoms with van der Waals surface area (Å²) >= 11 is 1.58. The van der Waals surface area contributed by atoms with Gasteiger partial charge in [0.1, 0.15) is 5.84 Å². The van der Waals surface area contributed by atoms with Crippen molar-refractivity contribution in [2.24, 2.45) is 0 Å². The van der Waals surface area contributed by atoms with E-state index in [1.54, 1.807) is 11.3 Å². The molecule has 1 saturated heterocycles. The molecule has 3 rings (SSSR count). The lowest BCUT2D eigenvalue weighted by atomic mass is 10.1. The molecule has 0 bridgehead atoms. The highest BCUT2D eigenvalue weighted by atomic mass is 32.1. The number of thiophene rings is 1. The number of nitrogens with one attached hydrogen (secondary N) is 4. The van der Waals surface area contributed by atoms with Gasteiger partial charge in [0.15, 0.2) is 0 Å². The third-order valence-corrected chi connectivity index (χ3v) is 4.76. The first-order valence-corrected chi connectivity index (χ1v) is 8.62. The molecule has 2 heterocycles. The summed E-state index contributed by atoms with van der Waals surface area (Å²) < 4.78 is 0. The number of hydrogen-bond acceptors (Lipinski definition) is 4. The lowest BCUT2D eigenvalue weighted by Gasteiger charge is -2.12. The minimum atomic E-state index is 0.460. The maximum absolute atomic E-state index is 8.09. The molecule has 0 radical (unpaired) electrons. The van der Waals surface area contributed by atoms with Crippen molar-refractivity contribution in [3.8, 4) is 0 Å². The Labute approximate surface area is 135 Å². The standard InChI is InChI=1S/C17H22N4S/c18-17(16-5-2-10-22-16)21-14-4-1-3-13(11-14)6-9-20-15-7-8-19-12-15/h1-5,10-11,15,19-20H,6-9,12H2,(H2,18,21). The monoisotopic (exact) mass is 314 g/mol. The molecule has 5 heteroatoms. The number of anilines is 1. The van der Waals surface area contributed by atoms with Crippen molar-refractivity contribution in [1.82, 2.24) is 10.6 Å². The summed E-state index contributed by atoms with van der Waals surface area (Å²) in [5.41, 5.74) is 2.28. The molecule has 0 spiro atoms. The fourth-order valence-corrected chi connectivity index (χ4v) is 3.31. The summed E-state index contributed by atoms with van der Waals surface area (Å²) in [5.74, 6) is 0.460. The predicted octanol–water partition coefficient (Wildman–Crippen LogP) is 2.68. The molecule has 1 aromatic heterocycles. The van der Waals surface area contributed by atoms with Gasteiger partial charge in [0.2, 0.25) is 0 Å². The molecule has 0 saturated carbocycles. The molecular formula is C17H22N4S. The van der Waals surface area contributed by atoms with E-state index in [2.05, 4.69) is 34.1 Å². The van der Waals surface area contributed by atoms with Crippen molar-refractivity contribution in [3.63, 3.8) is 0 Å². The molecule has 1 aromatic carbocycles. The number of amidine groups is 1. The van der Waals surface area contributed by atoms with E-state index in [0.29, 0.717) is 11.9 Å². The Morgan fingerprint density at radius 3 is 3.05 bits per heavy atom. The molecule has 4 N–H and O–H groups in total. The van der Waals surface area contributed by atoms with Crippen LogP contribution in [-0.2, 0) is 6.42 Å². The second kappa shape index (κ2) is 7.54. The average molecular weight is 314 g/mol. The third kappa shape index (κ3) is 4.16. The Morgan fingerprint density at radius 2 is 2.27 bits per heavy atom. The topological polar surface area (TPSA) is 59.9 Å². The van der Waals surface area contributed by atoms with Crippen LogP contribution in [0.1, 0.15) is 16.9 Å². The van der Waals surface area contributed by atoms with Gasteiger partial charge in [0.05, 0.1) is 4.88 Å². The van der Waals surface area contributed by atoms with E-state index >= 15 is 0 Å². The first kappa shape index (κ1) is 15.2. The zero-order chi connectivity index (χ0) is 15.2. The molecule has 1 aliphatic rings. The van der Waals surface area contributed by atoms with Crippen LogP contribution in [0.25, 0.3) is 0 Å². The molecule has 1 atom stereocenters. The molecule has 116 valence electrons. The fourth-order valence-electron chi connectivity index (χ4n) is 2.68. The van der Waals surface area contributed by atoms with E-state index in [4.69, 9.17) is 5.41 Å². The zero-order valence-electron chi connectivity index (χ0n) is 12.6. The Hall–Kier alpha value is -1.69. The van der Waals surface area contributed by atoms with Crippen molar-refractivity contribution < 1.29 is 0 Å². The van der Waals surface area contributed by atoms with Crippen LogP contribution in [0.3, 0.4) is 0 Å². The van der Waals surface area contributed by atoms with Crippen molar-refractivity contribution in [2.45, 2.75) is 18.9 Å². The smallest absolute Gasteiger partial charge is 0.140 e. The van der Waals surface area contributed by atoms with Gasteiger partial charge in [-0.15, -0.1) is 11.3 Å². The first-order valence-electron chi connectivity index (χ1n) is 7.74. The van der Waals surface area contributed by atoms with Gasteiger partial charge in [-0.3, -0.25) is 5.41 Å². The van der Waals surface area contributed by atoms with Crippen LogP contribution in [-0.4, -0.2) is 31.5 Å². The summed E-state index contributed by atoms with van der Waals surface area (Å²) in [6.45, 7) is 3.21. The van der Waals surface area contributed by atoms with Crippen LogP contribution in [0.15, 0.2) is 41.8 Å². The third-order valence-electron chi connectivity index (χ3n) is 3.87. The number of benzene rings is 1. The minimum Gasteiger partial charge on any atom is -0.340 e. The van der Waals surface area contributed by atoms with Gasteiger partial charge in [0, 0.05) is 18.3 Å². The number of hydrogen-bond donors (Lipinski definition) is 4. The van der Waals surface area contributed by atoms with Crippen LogP contribution in [0, 0.1) is 5.41 Å². The van der Waals surface area contributed by atoms with Gasteiger partial charge in [-0.1, -0.05) is 18.2 Å². The molecule has 2 aromatic rings. The minimum absolute atomic E-state index is 0.460. The maximum atomic E-state index is 8.09. The van der Waals surface area contributed by atoms with E-state index in [-0.39, 0.29) is 0 Å². The Bertz CT molecular complexity index is 603. The van der Waals surface area contributed by atoms with Crippen molar-refractivity contribution in [3.05, 3.63) is 52.2 Å². The quantitative estimate of drug-likeness (QED) is 0.490. The number of rotatable bonds is 6. The molecule has 1 fully saturated rings. The summed E-state index contributed by atoms with van der Waals surface area (Å²) in [4.78, 5) is 0.959. The van der Waals surface area contributed by atoms with Crippen molar-refractivity contribution in [2.75, 3.05) is 25.0 Å². The zero-order valence-corrected chi connectivity index (χ0v) is 13.4. The second-order valence-corrected chi connectivity index (χ2v) is 6.52. The summed E-state index contributed by atoms with van der Waals surface area (Å²) in [5, 5.41) is 20.2.